The highest BCUT2D eigenvalue weighted by atomic mass is 31.2. The normalized spacial score (nSPS) is 26.6. The fraction of sp³-hybridized carbons (Fsp3) is 0.875. The highest BCUT2D eigenvalue weighted by molar-refractivity contribution is 7.51. The van der Waals surface area contributed by atoms with E-state index in [0.29, 0.717) is 13.0 Å². The Morgan fingerprint density at radius 3 is 2.75 bits per heavy atom. The van der Waals surface area contributed by atoms with Crippen LogP contribution in [0.1, 0.15) is 12.8 Å². The second-order valence-electron chi connectivity index (χ2n) is 3.90. The monoisotopic (exact) mass is 253 g/mol. The maximum atomic E-state index is 10.7. The zero-order valence-electron chi connectivity index (χ0n) is 8.70. The highest BCUT2D eigenvalue weighted by Gasteiger charge is 2.27. The van der Waals surface area contributed by atoms with E-state index in [1.165, 1.54) is 0 Å². The number of carbonyl (C=O) groups is 1. The molecule has 16 heavy (non-hydrogen) atoms. The van der Waals surface area contributed by atoms with Crippen molar-refractivity contribution >= 4 is 13.6 Å². The van der Waals surface area contributed by atoms with E-state index in [0.717, 1.165) is 6.42 Å². The van der Waals surface area contributed by atoms with Crippen LogP contribution in [-0.4, -0.2) is 46.4 Å². The molecule has 0 unspecified atom stereocenters. The number of nitrogens with one attached hydrogen (secondary N) is 1. The lowest BCUT2D eigenvalue weighted by Gasteiger charge is -2.27. The van der Waals surface area contributed by atoms with Crippen LogP contribution in [0.5, 0.6) is 0 Å². The van der Waals surface area contributed by atoms with Gasteiger partial charge in [-0.3, -0.25) is 9.36 Å². The lowest BCUT2D eigenvalue weighted by atomic mass is 9.93. The van der Waals surface area contributed by atoms with E-state index < -0.39 is 26.0 Å². The largest absolute Gasteiger partial charge is 0.480 e. The first-order valence-corrected chi connectivity index (χ1v) is 6.77. The molecule has 0 spiro atoms. The van der Waals surface area contributed by atoms with E-state index >= 15 is 0 Å². The fourth-order valence-corrected chi connectivity index (χ4v) is 2.02. The quantitative estimate of drug-likeness (QED) is 0.492. The number of carboxylic acids is 1. The van der Waals surface area contributed by atoms with Crippen LogP contribution in [0.3, 0.4) is 0 Å². The van der Waals surface area contributed by atoms with Crippen molar-refractivity contribution in [2.75, 3.05) is 19.5 Å². The van der Waals surface area contributed by atoms with Gasteiger partial charge in [-0.2, -0.15) is 0 Å². The van der Waals surface area contributed by atoms with Gasteiger partial charge in [-0.25, -0.2) is 0 Å². The van der Waals surface area contributed by atoms with E-state index in [2.05, 4.69) is 5.32 Å². The van der Waals surface area contributed by atoms with Crippen molar-refractivity contribution in [1.82, 2.24) is 5.32 Å². The molecule has 4 N–H and O–H groups in total. The molecule has 7 nitrogen and oxygen atoms in total. The number of hydrogen-bond donors (Lipinski definition) is 4. The van der Waals surface area contributed by atoms with Gasteiger partial charge in [-0.1, -0.05) is 0 Å². The van der Waals surface area contributed by atoms with E-state index in [1.54, 1.807) is 0 Å². The number of carboxylic acid groups (broad SMARTS) is 1. The Balaban J connectivity index is 2.27. The molecule has 1 aliphatic heterocycles. The summed E-state index contributed by atoms with van der Waals surface area (Å²) in [6.45, 7) is 0.775. The third-order valence-electron chi connectivity index (χ3n) is 2.42. The molecule has 1 saturated heterocycles. The Hall–Kier alpha value is -0.460. The Bertz CT molecular complexity index is 290. The Morgan fingerprint density at radius 1 is 1.50 bits per heavy atom. The van der Waals surface area contributed by atoms with Crippen LogP contribution in [0, 0.1) is 5.92 Å². The second kappa shape index (κ2) is 5.75. The van der Waals surface area contributed by atoms with Crippen LogP contribution in [-0.2, 0) is 14.1 Å². The molecule has 0 bridgehead atoms. The van der Waals surface area contributed by atoms with Crippen molar-refractivity contribution in [2.45, 2.75) is 18.9 Å². The average molecular weight is 253 g/mol. The third kappa shape index (κ3) is 5.05. The summed E-state index contributed by atoms with van der Waals surface area (Å²) in [6, 6.07) is -0.586. The maximum absolute atomic E-state index is 10.7. The van der Waals surface area contributed by atoms with Gasteiger partial charge >= 0.3 is 13.6 Å². The van der Waals surface area contributed by atoms with Crippen LogP contribution < -0.4 is 5.32 Å². The van der Waals surface area contributed by atoms with E-state index in [1.807, 2.05) is 0 Å². The fourth-order valence-electron chi connectivity index (χ4n) is 1.67. The number of piperidine rings is 1. The first-order chi connectivity index (χ1) is 7.38. The van der Waals surface area contributed by atoms with Crippen molar-refractivity contribution in [3.8, 4) is 0 Å². The van der Waals surface area contributed by atoms with Crippen molar-refractivity contribution in [1.29, 1.82) is 0 Å². The smallest absolute Gasteiger partial charge is 0.350 e. The standard InChI is InChI=1S/C8H16NO6P/c10-8(11)7-3-6(1-2-9-7)4-15-5-16(12,13)14/h6-7,9H,1-5H2,(H,10,11)(H2,12,13,14)/t6-,7+/m1/s1. The van der Waals surface area contributed by atoms with Crippen molar-refractivity contribution in [3.05, 3.63) is 0 Å². The molecule has 1 aliphatic rings. The summed E-state index contributed by atoms with van der Waals surface area (Å²) in [6.07, 6.45) is 0.579. The molecule has 94 valence electrons. The van der Waals surface area contributed by atoms with Gasteiger partial charge in [0.2, 0.25) is 0 Å². The number of rotatable bonds is 5. The third-order valence-corrected chi connectivity index (χ3v) is 2.94. The number of ether oxygens (including phenoxy) is 1. The maximum Gasteiger partial charge on any atom is 0.350 e. The topological polar surface area (TPSA) is 116 Å². The summed E-state index contributed by atoms with van der Waals surface area (Å²) >= 11 is 0. The molecule has 0 radical (unpaired) electrons. The molecule has 1 fully saturated rings. The molecule has 0 aromatic rings. The summed E-state index contributed by atoms with van der Waals surface area (Å²) < 4.78 is 15.4. The minimum Gasteiger partial charge on any atom is -0.480 e. The van der Waals surface area contributed by atoms with Gasteiger partial charge in [0, 0.05) is 0 Å². The molecule has 0 amide bonds. The molecule has 8 heteroatoms. The summed E-state index contributed by atoms with van der Waals surface area (Å²) in [4.78, 5) is 27.8. The zero-order valence-corrected chi connectivity index (χ0v) is 9.60. The van der Waals surface area contributed by atoms with Gasteiger partial charge in [-0.15, -0.1) is 0 Å². The van der Waals surface area contributed by atoms with Crippen LogP contribution >= 0.6 is 7.60 Å². The Labute approximate surface area is 93.0 Å². The minimum absolute atomic E-state index is 0.0360. The molecule has 0 aromatic heterocycles. The molecule has 1 rings (SSSR count). The molecular formula is C8H16NO6P. The van der Waals surface area contributed by atoms with Gasteiger partial charge in [0.25, 0.3) is 0 Å². The molecule has 0 saturated carbocycles. The van der Waals surface area contributed by atoms with Crippen molar-refractivity contribution in [3.63, 3.8) is 0 Å². The number of hydrogen-bond acceptors (Lipinski definition) is 4. The molecule has 2 atom stereocenters. The van der Waals surface area contributed by atoms with Crippen molar-refractivity contribution < 1.29 is 29.0 Å². The molecular weight excluding hydrogens is 237 g/mol. The van der Waals surface area contributed by atoms with Gasteiger partial charge in [0.05, 0.1) is 6.61 Å². The summed E-state index contributed by atoms with van der Waals surface area (Å²) in [5.74, 6) is -0.867. The lowest BCUT2D eigenvalue weighted by Crippen LogP contribution is -2.44. The predicted molar refractivity (Wildman–Crippen MR) is 55.0 cm³/mol. The van der Waals surface area contributed by atoms with Gasteiger partial charge in [0.1, 0.15) is 12.4 Å². The molecule has 1 heterocycles. The van der Waals surface area contributed by atoms with Gasteiger partial charge in [0.15, 0.2) is 0 Å². The lowest BCUT2D eigenvalue weighted by molar-refractivity contribution is -0.140. The van der Waals surface area contributed by atoms with Crippen LogP contribution in [0.25, 0.3) is 0 Å². The summed E-state index contributed by atoms with van der Waals surface area (Å²) in [5, 5.41) is 11.6. The van der Waals surface area contributed by atoms with Crippen LogP contribution in [0.15, 0.2) is 0 Å². The zero-order chi connectivity index (χ0) is 12.2. The van der Waals surface area contributed by atoms with Crippen LogP contribution in [0.4, 0.5) is 0 Å². The van der Waals surface area contributed by atoms with E-state index in [-0.39, 0.29) is 12.5 Å². The number of aliphatic carboxylic acids is 1. The Morgan fingerprint density at radius 2 is 2.19 bits per heavy atom. The summed E-state index contributed by atoms with van der Waals surface area (Å²) in [5.41, 5.74) is 0. The average Bonchev–Trinajstić information content (AvgIpc) is 2.16. The van der Waals surface area contributed by atoms with E-state index in [4.69, 9.17) is 19.6 Å². The van der Waals surface area contributed by atoms with Gasteiger partial charge < -0.3 is 24.9 Å². The highest BCUT2D eigenvalue weighted by Crippen LogP contribution is 2.34. The first kappa shape index (κ1) is 13.6. The van der Waals surface area contributed by atoms with Crippen LogP contribution in [0.2, 0.25) is 0 Å². The SMILES string of the molecule is O=C(O)[C@@H]1C[C@H](COCP(=O)(O)O)CCN1. The van der Waals surface area contributed by atoms with E-state index in [9.17, 15) is 9.36 Å². The molecule has 0 aliphatic carbocycles. The minimum atomic E-state index is -4.12. The molecule has 0 aromatic carbocycles. The second-order valence-corrected chi connectivity index (χ2v) is 5.49. The summed E-state index contributed by atoms with van der Waals surface area (Å²) in [7, 11) is -4.12. The predicted octanol–water partition coefficient (Wildman–Crippen LogP) is -0.409. The Kier molecular flexibility index (Phi) is 4.89. The van der Waals surface area contributed by atoms with Crippen molar-refractivity contribution in [2.24, 2.45) is 5.92 Å². The van der Waals surface area contributed by atoms with Gasteiger partial charge in [-0.05, 0) is 25.3 Å². The first-order valence-electron chi connectivity index (χ1n) is 4.97.